The van der Waals surface area contributed by atoms with Gasteiger partial charge in [0.15, 0.2) is 0 Å². The molecule has 1 aliphatic rings. The third kappa shape index (κ3) is 3.82. The van der Waals surface area contributed by atoms with Crippen molar-refractivity contribution in [2.75, 3.05) is 19.1 Å². The van der Waals surface area contributed by atoms with Crippen LogP contribution in [0.15, 0.2) is 66.5 Å². The Balaban J connectivity index is 1.97. The molecule has 1 aromatic heterocycles. The van der Waals surface area contributed by atoms with Crippen molar-refractivity contribution in [3.63, 3.8) is 0 Å². The summed E-state index contributed by atoms with van der Waals surface area (Å²) >= 11 is 0. The lowest BCUT2D eigenvalue weighted by Crippen LogP contribution is -2.30. The summed E-state index contributed by atoms with van der Waals surface area (Å²) in [6.45, 7) is 3.84. The molecule has 1 amide bonds. The molecule has 0 aliphatic carbocycles. The molecule has 33 heavy (non-hydrogen) atoms. The second-order valence-corrected chi connectivity index (χ2v) is 7.81. The van der Waals surface area contributed by atoms with Gasteiger partial charge in [-0.05, 0) is 49.2 Å². The lowest BCUT2D eigenvalue weighted by atomic mass is 9.95. The van der Waals surface area contributed by atoms with Crippen LogP contribution in [0.1, 0.15) is 28.3 Å². The minimum absolute atomic E-state index is 0.0311. The predicted molar refractivity (Wildman–Crippen MR) is 124 cm³/mol. The summed E-state index contributed by atoms with van der Waals surface area (Å²) in [6, 6.07) is 13.1. The van der Waals surface area contributed by atoms with E-state index in [-0.39, 0.29) is 16.9 Å². The van der Waals surface area contributed by atoms with Gasteiger partial charge in [0.25, 0.3) is 11.7 Å². The van der Waals surface area contributed by atoms with Gasteiger partial charge in [-0.15, -0.1) is 0 Å². The normalized spacial score (nSPS) is 17.3. The number of ketones is 1. The molecule has 1 fully saturated rings. The highest BCUT2D eigenvalue weighted by atomic mass is 16.5. The summed E-state index contributed by atoms with van der Waals surface area (Å²) in [7, 11) is 2.98. The average Bonchev–Trinajstić information content (AvgIpc) is 3.09. The number of carbonyl (C=O) groups excluding carboxylic acids is 2. The molecular weight excluding hydrogens is 420 g/mol. The first-order chi connectivity index (χ1) is 15.9. The van der Waals surface area contributed by atoms with Crippen LogP contribution in [0.3, 0.4) is 0 Å². The molecule has 3 aromatic rings. The topological polar surface area (TPSA) is 89.0 Å². The maximum Gasteiger partial charge on any atom is 0.300 e. The highest BCUT2D eigenvalue weighted by molar-refractivity contribution is 6.51. The first kappa shape index (κ1) is 22.1. The van der Waals surface area contributed by atoms with Crippen molar-refractivity contribution in [1.82, 2.24) is 4.98 Å². The number of aliphatic hydroxyl groups is 1. The fraction of sp³-hybridized carbons (Fsp3) is 0.192. The number of rotatable bonds is 5. The number of ether oxygens (including phenoxy) is 2. The molecule has 0 bridgehead atoms. The summed E-state index contributed by atoms with van der Waals surface area (Å²) in [4.78, 5) is 32.2. The van der Waals surface area contributed by atoms with E-state index in [0.717, 1.165) is 11.1 Å². The Morgan fingerprint density at radius 1 is 1.03 bits per heavy atom. The van der Waals surface area contributed by atoms with E-state index in [0.29, 0.717) is 22.7 Å². The molecule has 2 aromatic carbocycles. The van der Waals surface area contributed by atoms with Crippen molar-refractivity contribution in [1.29, 1.82) is 0 Å². The van der Waals surface area contributed by atoms with Gasteiger partial charge < -0.3 is 14.6 Å². The lowest BCUT2D eigenvalue weighted by molar-refractivity contribution is -0.132. The summed E-state index contributed by atoms with van der Waals surface area (Å²) in [5.74, 6) is -0.976. The van der Waals surface area contributed by atoms with Crippen LogP contribution in [-0.4, -0.2) is 36.0 Å². The Hall–Kier alpha value is -4.13. The molecule has 0 radical (unpaired) electrons. The number of aliphatic hydroxyl groups excluding tert-OH is 1. The van der Waals surface area contributed by atoms with Gasteiger partial charge in [-0.25, -0.2) is 0 Å². The molecule has 0 spiro atoms. The fourth-order valence-electron chi connectivity index (χ4n) is 4.15. The molecule has 1 N–H and O–H groups in total. The van der Waals surface area contributed by atoms with Crippen LogP contribution in [0.5, 0.6) is 11.5 Å². The monoisotopic (exact) mass is 444 g/mol. The van der Waals surface area contributed by atoms with Crippen LogP contribution in [0, 0.1) is 13.8 Å². The zero-order chi connectivity index (χ0) is 23.7. The molecule has 1 unspecified atom stereocenters. The van der Waals surface area contributed by atoms with E-state index in [1.54, 1.807) is 42.7 Å². The largest absolute Gasteiger partial charge is 0.507 e. The highest BCUT2D eigenvalue weighted by Crippen LogP contribution is 2.44. The number of benzene rings is 2. The smallest absolute Gasteiger partial charge is 0.300 e. The first-order valence-corrected chi connectivity index (χ1v) is 10.4. The van der Waals surface area contributed by atoms with Gasteiger partial charge in [-0.1, -0.05) is 23.8 Å². The van der Waals surface area contributed by atoms with E-state index in [1.807, 2.05) is 32.0 Å². The number of pyridine rings is 1. The number of hydrogen-bond acceptors (Lipinski definition) is 6. The van der Waals surface area contributed by atoms with Crippen LogP contribution in [0.2, 0.25) is 0 Å². The van der Waals surface area contributed by atoms with Crippen molar-refractivity contribution in [2.24, 2.45) is 0 Å². The van der Waals surface area contributed by atoms with Crippen LogP contribution < -0.4 is 14.4 Å². The second kappa shape index (κ2) is 8.78. The number of amides is 1. The van der Waals surface area contributed by atoms with E-state index in [1.165, 1.54) is 19.1 Å². The van der Waals surface area contributed by atoms with Gasteiger partial charge in [0.2, 0.25) is 0 Å². The Bertz CT molecular complexity index is 1270. The quantitative estimate of drug-likeness (QED) is 0.358. The summed E-state index contributed by atoms with van der Waals surface area (Å²) in [5.41, 5.74) is 3.33. The Morgan fingerprint density at radius 2 is 1.82 bits per heavy atom. The standard InChI is InChI=1S/C26H24N2O5/c1-15-7-10-20(16(2)12-15)28-23(17-6-5-11-27-14-17)22(25(30)26(28)31)24(29)19-9-8-18(32-3)13-21(19)33-4/h5-14,23,29H,1-4H3/b24-22-. The number of aromatic nitrogens is 1. The van der Waals surface area contributed by atoms with Crippen molar-refractivity contribution in [3.8, 4) is 11.5 Å². The highest BCUT2D eigenvalue weighted by Gasteiger charge is 2.47. The van der Waals surface area contributed by atoms with Gasteiger partial charge in [0, 0.05) is 24.1 Å². The van der Waals surface area contributed by atoms with Gasteiger partial charge in [0.05, 0.1) is 31.4 Å². The van der Waals surface area contributed by atoms with E-state index in [4.69, 9.17) is 9.47 Å². The van der Waals surface area contributed by atoms with Gasteiger partial charge in [-0.3, -0.25) is 19.5 Å². The number of hydrogen-bond donors (Lipinski definition) is 1. The zero-order valence-electron chi connectivity index (χ0n) is 18.8. The maximum atomic E-state index is 13.3. The molecule has 7 nitrogen and oxygen atoms in total. The van der Waals surface area contributed by atoms with Crippen molar-refractivity contribution >= 4 is 23.1 Å². The van der Waals surface area contributed by atoms with Crippen molar-refractivity contribution in [3.05, 3.63) is 88.8 Å². The van der Waals surface area contributed by atoms with Crippen LogP contribution in [0.25, 0.3) is 5.76 Å². The number of carbonyl (C=O) groups is 2. The molecule has 168 valence electrons. The number of nitrogens with zero attached hydrogens (tertiary/aromatic N) is 2. The Labute approximate surface area is 191 Å². The molecule has 1 aliphatic heterocycles. The molecule has 2 heterocycles. The molecule has 7 heteroatoms. The average molecular weight is 444 g/mol. The van der Waals surface area contributed by atoms with Crippen molar-refractivity contribution in [2.45, 2.75) is 19.9 Å². The maximum absolute atomic E-state index is 13.3. The van der Waals surface area contributed by atoms with Crippen LogP contribution in [0.4, 0.5) is 5.69 Å². The third-order valence-corrected chi connectivity index (χ3v) is 5.72. The van der Waals surface area contributed by atoms with E-state index < -0.39 is 17.7 Å². The van der Waals surface area contributed by atoms with Gasteiger partial charge >= 0.3 is 0 Å². The van der Waals surface area contributed by atoms with Gasteiger partial charge in [0.1, 0.15) is 17.3 Å². The van der Waals surface area contributed by atoms with E-state index in [2.05, 4.69) is 4.98 Å². The van der Waals surface area contributed by atoms with E-state index >= 15 is 0 Å². The predicted octanol–water partition coefficient (Wildman–Crippen LogP) is 4.34. The fourth-order valence-corrected chi connectivity index (χ4v) is 4.15. The van der Waals surface area contributed by atoms with Gasteiger partial charge in [-0.2, -0.15) is 0 Å². The minimum atomic E-state index is -0.855. The summed E-state index contributed by atoms with van der Waals surface area (Å²) < 4.78 is 10.6. The van der Waals surface area contributed by atoms with Crippen molar-refractivity contribution < 1.29 is 24.2 Å². The number of anilines is 1. The molecule has 4 rings (SSSR count). The Morgan fingerprint density at radius 3 is 2.45 bits per heavy atom. The summed E-state index contributed by atoms with van der Waals surface area (Å²) in [6.07, 6.45) is 3.20. The Kier molecular flexibility index (Phi) is 5.87. The number of Topliss-reactive ketones (excluding diaryl/α,β-unsaturated/α-hetero) is 1. The number of methoxy groups -OCH3 is 2. The SMILES string of the molecule is COc1ccc(/C(O)=C2/C(=O)C(=O)N(c3ccc(C)cc3C)C2c2cccnc2)c(OC)c1. The summed E-state index contributed by atoms with van der Waals surface area (Å²) in [5, 5.41) is 11.3. The number of aryl methyl sites for hydroxylation is 2. The van der Waals surface area contributed by atoms with Crippen LogP contribution >= 0.6 is 0 Å². The first-order valence-electron chi connectivity index (χ1n) is 10.4. The van der Waals surface area contributed by atoms with E-state index in [9.17, 15) is 14.7 Å². The molecule has 1 atom stereocenters. The molecular formula is C26H24N2O5. The minimum Gasteiger partial charge on any atom is -0.507 e. The zero-order valence-corrected chi connectivity index (χ0v) is 18.8. The third-order valence-electron chi connectivity index (χ3n) is 5.72. The molecule has 1 saturated heterocycles. The lowest BCUT2D eigenvalue weighted by Gasteiger charge is -2.26. The second-order valence-electron chi connectivity index (χ2n) is 7.81. The van der Waals surface area contributed by atoms with Crippen LogP contribution in [-0.2, 0) is 9.59 Å². The molecule has 0 saturated carbocycles.